The number of hydrogen-bond acceptors (Lipinski definition) is 7. The average molecular weight is 547 g/mol. The molecule has 2 aromatic rings. The molecule has 2 heterocycles. The summed E-state index contributed by atoms with van der Waals surface area (Å²) in [5, 5.41) is 22.7. The van der Waals surface area contributed by atoms with Gasteiger partial charge in [0.1, 0.15) is 5.75 Å². The quantitative estimate of drug-likeness (QED) is 0.486. The monoisotopic (exact) mass is 546 g/mol. The van der Waals surface area contributed by atoms with Crippen molar-refractivity contribution in [3.8, 4) is 28.4 Å². The Labute approximate surface area is 232 Å². The molecule has 0 unspecified atom stereocenters. The van der Waals surface area contributed by atoms with E-state index >= 15 is 0 Å². The van der Waals surface area contributed by atoms with Gasteiger partial charge in [-0.25, -0.2) is 0 Å². The van der Waals surface area contributed by atoms with Crippen LogP contribution in [0.4, 0.5) is 0 Å². The average Bonchev–Trinajstić information content (AvgIpc) is 3.29. The SMILES string of the molecule is COc1cc(-c2ccc(O)c(C34CC5CC(CC(C5)C3)C4)c2)cc(/C=C2/SC(N3CCOCC3)=NC2=O)c1O. The zero-order valence-electron chi connectivity index (χ0n) is 22.2. The molecule has 8 rings (SSSR count). The summed E-state index contributed by atoms with van der Waals surface area (Å²) in [4.78, 5) is 19.5. The molecule has 39 heavy (non-hydrogen) atoms. The first-order valence-electron chi connectivity index (χ1n) is 14.0. The number of ether oxygens (including phenoxy) is 2. The lowest BCUT2D eigenvalue weighted by molar-refractivity contribution is -0.113. The molecule has 2 N–H and O–H groups in total. The standard InChI is InChI=1S/C31H34N2O5S/c1-37-26-13-22(11-23(28(26)35)14-27-29(36)32-30(39-27)33-4-6-38-7-5-33)21-2-3-25(34)24(12-21)31-15-18-8-19(16-31)10-20(9-18)17-31/h2-3,11-14,18-20,34-35H,4-10,15-17H2,1H3/b27-14+. The van der Waals surface area contributed by atoms with Crippen molar-refractivity contribution in [1.29, 1.82) is 0 Å². The Balaban J connectivity index is 1.23. The number of amides is 1. The summed E-state index contributed by atoms with van der Waals surface area (Å²) in [5.41, 5.74) is 3.46. The topological polar surface area (TPSA) is 91.6 Å². The van der Waals surface area contributed by atoms with Crippen LogP contribution in [-0.4, -0.2) is 59.6 Å². The fourth-order valence-corrected chi connectivity index (χ4v) is 9.03. The van der Waals surface area contributed by atoms with E-state index in [1.165, 1.54) is 38.1 Å². The smallest absolute Gasteiger partial charge is 0.286 e. The summed E-state index contributed by atoms with van der Waals surface area (Å²) in [6, 6.07) is 9.62. The highest BCUT2D eigenvalue weighted by Gasteiger charge is 2.52. The van der Waals surface area contributed by atoms with E-state index in [9.17, 15) is 15.0 Å². The maximum absolute atomic E-state index is 12.8. The summed E-state index contributed by atoms with van der Waals surface area (Å²) < 4.78 is 11.0. The molecule has 0 aromatic heterocycles. The fraction of sp³-hybridized carbons (Fsp3) is 0.484. The van der Waals surface area contributed by atoms with Crippen molar-refractivity contribution in [3.05, 3.63) is 46.4 Å². The van der Waals surface area contributed by atoms with Crippen LogP contribution in [0.3, 0.4) is 0 Å². The maximum Gasteiger partial charge on any atom is 0.286 e. The van der Waals surface area contributed by atoms with Gasteiger partial charge in [-0.2, -0.15) is 4.99 Å². The first-order valence-corrected chi connectivity index (χ1v) is 14.8. The number of rotatable bonds is 4. The van der Waals surface area contributed by atoms with E-state index in [-0.39, 0.29) is 17.1 Å². The summed E-state index contributed by atoms with van der Waals surface area (Å²) in [6.45, 7) is 2.64. The predicted octanol–water partition coefficient (Wildman–Crippen LogP) is 5.54. The molecule has 4 bridgehead atoms. The molecule has 4 saturated carbocycles. The number of hydrogen-bond donors (Lipinski definition) is 2. The zero-order chi connectivity index (χ0) is 26.7. The number of phenols is 2. The second kappa shape index (κ2) is 9.59. The minimum absolute atomic E-state index is 0.0120. The van der Waals surface area contributed by atoms with Crippen molar-refractivity contribution in [2.45, 2.75) is 43.9 Å². The number of carbonyl (C=O) groups excluding carboxylic acids is 1. The molecule has 6 aliphatic rings. The Morgan fingerprint density at radius 2 is 1.72 bits per heavy atom. The second-order valence-electron chi connectivity index (χ2n) is 12.0. The van der Waals surface area contributed by atoms with Crippen LogP contribution in [-0.2, 0) is 14.9 Å². The van der Waals surface area contributed by atoms with Crippen molar-refractivity contribution in [2.75, 3.05) is 33.4 Å². The van der Waals surface area contributed by atoms with Crippen molar-refractivity contribution >= 4 is 28.9 Å². The third kappa shape index (κ3) is 4.42. The summed E-state index contributed by atoms with van der Waals surface area (Å²) in [5.74, 6) is 2.73. The van der Waals surface area contributed by atoms with Gasteiger partial charge in [0.15, 0.2) is 16.7 Å². The zero-order valence-corrected chi connectivity index (χ0v) is 23.0. The molecule has 1 saturated heterocycles. The van der Waals surface area contributed by atoms with Crippen LogP contribution in [0, 0.1) is 17.8 Å². The summed E-state index contributed by atoms with van der Waals surface area (Å²) >= 11 is 1.33. The molecule has 2 aliphatic heterocycles. The third-order valence-electron chi connectivity index (χ3n) is 9.44. The minimum atomic E-state index is -0.306. The van der Waals surface area contributed by atoms with Gasteiger partial charge in [0, 0.05) is 24.2 Å². The van der Waals surface area contributed by atoms with Crippen LogP contribution in [0.1, 0.15) is 49.7 Å². The van der Waals surface area contributed by atoms with Crippen LogP contribution in [0.15, 0.2) is 40.2 Å². The Morgan fingerprint density at radius 3 is 2.38 bits per heavy atom. The Kier molecular flexibility index (Phi) is 6.16. The van der Waals surface area contributed by atoms with Crippen molar-refractivity contribution in [1.82, 2.24) is 4.90 Å². The number of carbonyl (C=O) groups is 1. The van der Waals surface area contributed by atoms with E-state index < -0.39 is 0 Å². The highest BCUT2D eigenvalue weighted by Crippen LogP contribution is 2.62. The highest BCUT2D eigenvalue weighted by molar-refractivity contribution is 8.18. The van der Waals surface area contributed by atoms with E-state index in [4.69, 9.17) is 9.47 Å². The molecule has 7 nitrogen and oxygen atoms in total. The molecule has 2 aromatic carbocycles. The number of benzene rings is 2. The van der Waals surface area contributed by atoms with Crippen LogP contribution in [0.25, 0.3) is 17.2 Å². The lowest BCUT2D eigenvalue weighted by atomic mass is 9.48. The largest absolute Gasteiger partial charge is 0.508 e. The highest BCUT2D eigenvalue weighted by atomic mass is 32.2. The molecule has 1 amide bonds. The van der Waals surface area contributed by atoms with Gasteiger partial charge in [0.25, 0.3) is 5.91 Å². The molecule has 204 valence electrons. The number of methoxy groups -OCH3 is 1. The first kappa shape index (κ1) is 25.0. The van der Waals surface area contributed by atoms with E-state index in [0.29, 0.717) is 53.4 Å². The van der Waals surface area contributed by atoms with Crippen molar-refractivity contribution in [3.63, 3.8) is 0 Å². The van der Waals surface area contributed by atoms with Crippen LogP contribution in [0.5, 0.6) is 17.2 Å². The number of morpholine rings is 1. The first-order chi connectivity index (χ1) is 18.9. The maximum atomic E-state index is 12.8. The Morgan fingerprint density at radius 1 is 1.03 bits per heavy atom. The molecule has 8 heteroatoms. The van der Waals surface area contributed by atoms with Crippen LogP contribution in [0.2, 0.25) is 0 Å². The second-order valence-corrected chi connectivity index (χ2v) is 13.0. The van der Waals surface area contributed by atoms with Gasteiger partial charge in [-0.1, -0.05) is 6.07 Å². The normalized spacial score (nSPS) is 30.7. The van der Waals surface area contributed by atoms with Gasteiger partial charge in [-0.15, -0.1) is 0 Å². The van der Waals surface area contributed by atoms with Gasteiger partial charge in [0.05, 0.1) is 25.2 Å². The third-order valence-corrected chi connectivity index (χ3v) is 10.5. The van der Waals surface area contributed by atoms with Crippen molar-refractivity contribution in [2.24, 2.45) is 22.7 Å². The molecule has 5 fully saturated rings. The van der Waals surface area contributed by atoms with E-state index in [1.807, 2.05) is 24.3 Å². The van der Waals surface area contributed by atoms with Gasteiger partial charge < -0.3 is 24.6 Å². The van der Waals surface area contributed by atoms with E-state index in [1.54, 1.807) is 6.08 Å². The number of phenolic OH excluding ortho intramolecular Hbond substituents is 2. The number of aromatic hydroxyl groups is 2. The lowest BCUT2D eigenvalue weighted by Crippen LogP contribution is -2.48. The molecule has 4 aliphatic carbocycles. The molecule has 0 radical (unpaired) electrons. The Hall–Kier alpha value is -2.97. The minimum Gasteiger partial charge on any atom is -0.508 e. The molecule has 0 atom stereocenters. The number of nitrogens with zero attached hydrogens (tertiary/aromatic N) is 2. The summed E-state index contributed by atoms with van der Waals surface area (Å²) in [7, 11) is 1.53. The number of thioether (sulfide) groups is 1. The van der Waals surface area contributed by atoms with Gasteiger partial charge >= 0.3 is 0 Å². The van der Waals surface area contributed by atoms with Crippen LogP contribution < -0.4 is 4.74 Å². The molecular formula is C31H34N2O5S. The lowest BCUT2D eigenvalue weighted by Gasteiger charge is -2.57. The Bertz CT molecular complexity index is 1360. The van der Waals surface area contributed by atoms with E-state index in [0.717, 1.165) is 53.7 Å². The van der Waals surface area contributed by atoms with Gasteiger partial charge in [-0.3, -0.25) is 4.79 Å². The van der Waals surface area contributed by atoms with Crippen molar-refractivity contribution < 1.29 is 24.5 Å². The van der Waals surface area contributed by atoms with Crippen LogP contribution >= 0.6 is 11.8 Å². The number of amidine groups is 1. The van der Waals surface area contributed by atoms with Gasteiger partial charge in [0.2, 0.25) is 0 Å². The van der Waals surface area contributed by atoms with E-state index in [2.05, 4.69) is 16.0 Å². The number of aliphatic imine (C=N–C) groups is 1. The fourth-order valence-electron chi connectivity index (χ4n) is 8.07. The predicted molar refractivity (Wildman–Crippen MR) is 152 cm³/mol. The molecular weight excluding hydrogens is 512 g/mol. The van der Waals surface area contributed by atoms with Gasteiger partial charge in [-0.05, 0) is 115 Å². The molecule has 0 spiro atoms. The summed E-state index contributed by atoms with van der Waals surface area (Å²) in [6.07, 6.45) is 9.23.